The van der Waals surface area contributed by atoms with Crippen molar-refractivity contribution < 1.29 is 13.9 Å². The number of oxazole rings is 1. The first-order valence-corrected chi connectivity index (χ1v) is 9.56. The summed E-state index contributed by atoms with van der Waals surface area (Å²) in [5.74, 6) is 0.537. The van der Waals surface area contributed by atoms with Gasteiger partial charge in [0.1, 0.15) is 5.75 Å². The molecule has 29 heavy (non-hydrogen) atoms. The van der Waals surface area contributed by atoms with Crippen molar-refractivity contribution in [2.75, 3.05) is 11.9 Å². The number of rotatable bonds is 5. The second-order valence-corrected chi connectivity index (χ2v) is 6.89. The van der Waals surface area contributed by atoms with Crippen LogP contribution < -0.4 is 10.1 Å². The van der Waals surface area contributed by atoms with Crippen molar-refractivity contribution >= 4 is 46.0 Å². The number of halogens is 2. The van der Waals surface area contributed by atoms with Crippen LogP contribution in [-0.2, 0) is 0 Å². The average molecular weight is 428 g/mol. The van der Waals surface area contributed by atoms with E-state index in [4.69, 9.17) is 32.4 Å². The fraction of sp³-hybridized carbons (Fsp3) is 0.0952. The van der Waals surface area contributed by atoms with E-state index in [1.54, 1.807) is 54.7 Å². The number of aromatic nitrogens is 2. The number of nitrogens with one attached hydrogen (secondary N) is 1. The minimum Gasteiger partial charge on any atom is -0.492 e. The van der Waals surface area contributed by atoms with E-state index in [2.05, 4.69) is 15.3 Å². The molecular weight excluding hydrogens is 413 g/mol. The van der Waals surface area contributed by atoms with Gasteiger partial charge in [-0.25, -0.2) is 4.98 Å². The van der Waals surface area contributed by atoms with Gasteiger partial charge in [-0.15, -0.1) is 0 Å². The number of ether oxygens (including phenoxy) is 1. The smallest absolute Gasteiger partial charge is 0.255 e. The van der Waals surface area contributed by atoms with E-state index in [9.17, 15) is 4.79 Å². The maximum atomic E-state index is 12.6. The summed E-state index contributed by atoms with van der Waals surface area (Å²) < 4.78 is 11.1. The number of hydrogen-bond acceptors (Lipinski definition) is 5. The van der Waals surface area contributed by atoms with Gasteiger partial charge in [-0.3, -0.25) is 4.79 Å². The van der Waals surface area contributed by atoms with Crippen LogP contribution in [0.1, 0.15) is 17.3 Å². The van der Waals surface area contributed by atoms with Gasteiger partial charge >= 0.3 is 0 Å². The Hall–Kier alpha value is -3.09. The molecule has 0 aliphatic heterocycles. The van der Waals surface area contributed by atoms with Crippen LogP contribution in [0, 0.1) is 0 Å². The Morgan fingerprint density at radius 2 is 2.00 bits per heavy atom. The monoisotopic (exact) mass is 427 g/mol. The number of carbonyl (C=O) groups excluding carboxylic acids is 1. The highest BCUT2D eigenvalue weighted by Gasteiger charge is 2.15. The Morgan fingerprint density at radius 1 is 1.14 bits per heavy atom. The Kier molecular flexibility index (Phi) is 5.38. The molecule has 2 aromatic carbocycles. The van der Waals surface area contributed by atoms with E-state index < -0.39 is 0 Å². The molecule has 0 saturated heterocycles. The summed E-state index contributed by atoms with van der Waals surface area (Å²) in [6, 6.07) is 13.5. The van der Waals surface area contributed by atoms with Crippen LogP contribution >= 0.6 is 23.2 Å². The first kappa shape index (κ1) is 19.2. The predicted molar refractivity (Wildman–Crippen MR) is 113 cm³/mol. The van der Waals surface area contributed by atoms with E-state index in [0.29, 0.717) is 56.3 Å². The summed E-state index contributed by atoms with van der Waals surface area (Å²) in [4.78, 5) is 21.1. The quantitative estimate of drug-likeness (QED) is 0.432. The van der Waals surface area contributed by atoms with Crippen molar-refractivity contribution in [3.8, 4) is 17.2 Å². The van der Waals surface area contributed by atoms with E-state index in [1.807, 2.05) is 6.92 Å². The third kappa shape index (κ3) is 4.04. The molecule has 2 aromatic heterocycles. The number of benzene rings is 2. The molecule has 6 nitrogen and oxygen atoms in total. The average Bonchev–Trinajstić information content (AvgIpc) is 3.15. The second-order valence-electron chi connectivity index (χ2n) is 6.07. The third-order valence-electron chi connectivity index (χ3n) is 4.11. The molecule has 146 valence electrons. The van der Waals surface area contributed by atoms with Crippen LogP contribution in [0.5, 0.6) is 5.75 Å². The van der Waals surface area contributed by atoms with E-state index >= 15 is 0 Å². The summed E-state index contributed by atoms with van der Waals surface area (Å²) in [5.41, 5.74) is 2.52. The van der Waals surface area contributed by atoms with Gasteiger partial charge in [-0.2, -0.15) is 4.98 Å². The molecule has 0 aliphatic carbocycles. The van der Waals surface area contributed by atoms with Gasteiger partial charge in [0.05, 0.1) is 22.2 Å². The number of pyridine rings is 1. The molecule has 0 aliphatic rings. The Labute approximate surface area is 176 Å². The fourth-order valence-corrected chi connectivity index (χ4v) is 3.20. The zero-order chi connectivity index (χ0) is 20.4. The number of hydrogen-bond donors (Lipinski definition) is 1. The number of amides is 1. The molecular formula is C21H15Cl2N3O3. The van der Waals surface area contributed by atoms with Crippen LogP contribution in [0.3, 0.4) is 0 Å². The molecule has 0 unspecified atom stereocenters. The number of carbonyl (C=O) groups is 1. The molecule has 0 saturated carbocycles. The van der Waals surface area contributed by atoms with Gasteiger partial charge < -0.3 is 14.5 Å². The lowest BCUT2D eigenvalue weighted by atomic mass is 10.1. The van der Waals surface area contributed by atoms with E-state index in [-0.39, 0.29) is 5.91 Å². The number of fused-ring (bicyclic) bond motifs is 1. The van der Waals surface area contributed by atoms with Crippen LogP contribution in [0.15, 0.2) is 59.1 Å². The maximum absolute atomic E-state index is 12.6. The minimum atomic E-state index is -0.317. The van der Waals surface area contributed by atoms with Gasteiger partial charge in [0.2, 0.25) is 5.89 Å². The van der Waals surface area contributed by atoms with Gasteiger partial charge in [0.15, 0.2) is 11.2 Å². The molecule has 1 N–H and O–H groups in total. The van der Waals surface area contributed by atoms with Crippen molar-refractivity contribution in [1.82, 2.24) is 9.97 Å². The molecule has 4 aromatic rings. The highest BCUT2D eigenvalue weighted by Crippen LogP contribution is 2.32. The summed E-state index contributed by atoms with van der Waals surface area (Å²) in [6.45, 7) is 2.35. The van der Waals surface area contributed by atoms with Crippen molar-refractivity contribution in [1.29, 1.82) is 0 Å². The van der Waals surface area contributed by atoms with E-state index in [0.717, 1.165) is 0 Å². The van der Waals surface area contributed by atoms with Crippen LogP contribution in [-0.4, -0.2) is 22.5 Å². The molecule has 0 atom stereocenters. The summed E-state index contributed by atoms with van der Waals surface area (Å²) in [6.07, 6.45) is 1.63. The number of nitrogens with zero attached hydrogens (tertiary/aromatic N) is 2. The molecule has 4 rings (SSSR count). The molecule has 0 fully saturated rings. The first-order valence-electron chi connectivity index (χ1n) is 8.80. The summed E-state index contributed by atoms with van der Waals surface area (Å²) >= 11 is 12.5. The Bertz CT molecular complexity index is 1170. The Morgan fingerprint density at radius 3 is 2.76 bits per heavy atom. The van der Waals surface area contributed by atoms with Gasteiger partial charge in [0, 0.05) is 17.4 Å². The van der Waals surface area contributed by atoms with Crippen LogP contribution in [0.25, 0.3) is 22.7 Å². The number of anilines is 1. The van der Waals surface area contributed by atoms with E-state index in [1.165, 1.54) is 0 Å². The topological polar surface area (TPSA) is 77.2 Å². The Balaban J connectivity index is 1.60. The highest BCUT2D eigenvalue weighted by molar-refractivity contribution is 6.33. The summed E-state index contributed by atoms with van der Waals surface area (Å²) in [5, 5.41) is 3.64. The van der Waals surface area contributed by atoms with Crippen molar-refractivity contribution in [3.63, 3.8) is 0 Å². The van der Waals surface area contributed by atoms with Crippen molar-refractivity contribution in [2.45, 2.75) is 6.92 Å². The molecule has 0 spiro atoms. The van der Waals surface area contributed by atoms with Crippen LogP contribution in [0.4, 0.5) is 5.69 Å². The SMILES string of the molecule is CCOc1ccc(C(=O)Nc2ccc(Cl)c(-c3nc4ncccc4o3)c2)cc1Cl. The predicted octanol–water partition coefficient (Wildman–Crippen LogP) is 5.85. The van der Waals surface area contributed by atoms with Gasteiger partial charge in [-0.1, -0.05) is 23.2 Å². The first-order chi connectivity index (χ1) is 14.0. The normalized spacial score (nSPS) is 10.9. The zero-order valence-corrected chi connectivity index (χ0v) is 16.8. The molecule has 0 bridgehead atoms. The zero-order valence-electron chi connectivity index (χ0n) is 15.3. The van der Waals surface area contributed by atoms with Gasteiger partial charge in [0.25, 0.3) is 5.91 Å². The fourth-order valence-electron chi connectivity index (χ4n) is 2.77. The summed E-state index contributed by atoms with van der Waals surface area (Å²) in [7, 11) is 0. The van der Waals surface area contributed by atoms with Crippen molar-refractivity contribution in [3.05, 3.63) is 70.3 Å². The highest BCUT2D eigenvalue weighted by atomic mass is 35.5. The van der Waals surface area contributed by atoms with Crippen LogP contribution in [0.2, 0.25) is 10.0 Å². The molecule has 1 amide bonds. The van der Waals surface area contributed by atoms with Crippen molar-refractivity contribution in [2.24, 2.45) is 0 Å². The molecule has 2 heterocycles. The maximum Gasteiger partial charge on any atom is 0.255 e. The molecule has 0 radical (unpaired) electrons. The lowest BCUT2D eigenvalue weighted by molar-refractivity contribution is 0.102. The van der Waals surface area contributed by atoms with Gasteiger partial charge in [-0.05, 0) is 55.5 Å². The standard InChI is InChI=1S/C21H15Cl2N3O3/c1-2-28-17-8-5-12(10-16(17)23)20(27)25-13-6-7-15(22)14(11-13)21-26-19-18(29-21)4-3-9-24-19/h3-11H,2H2,1H3,(H,25,27). The minimum absolute atomic E-state index is 0.317. The lowest BCUT2D eigenvalue weighted by Gasteiger charge is -2.10. The second kappa shape index (κ2) is 8.11. The lowest BCUT2D eigenvalue weighted by Crippen LogP contribution is -2.12. The molecule has 8 heteroatoms. The largest absolute Gasteiger partial charge is 0.492 e. The third-order valence-corrected chi connectivity index (χ3v) is 4.74.